The van der Waals surface area contributed by atoms with Crippen molar-refractivity contribution < 1.29 is 9.90 Å². The molecule has 3 rings (SSSR count). The van der Waals surface area contributed by atoms with Gasteiger partial charge >= 0.3 is 0 Å². The molecule has 146 valence electrons. The van der Waals surface area contributed by atoms with Crippen molar-refractivity contribution in [1.29, 1.82) is 0 Å². The zero-order chi connectivity index (χ0) is 19.4. The van der Waals surface area contributed by atoms with Crippen molar-refractivity contribution in [1.82, 2.24) is 14.8 Å². The number of aromatic nitrogens is 1. The molecule has 0 aliphatic carbocycles. The third-order valence-corrected chi connectivity index (χ3v) is 5.91. The van der Waals surface area contributed by atoms with E-state index in [1.165, 1.54) is 5.56 Å². The molecule has 6 heteroatoms. The molecule has 0 saturated carbocycles. The van der Waals surface area contributed by atoms with E-state index in [0.29, 0.717) is 38.5 Å². The van der Waals surface area contributed by atoms with Gasteiger partial charge in [0.25, 0.3) is 5.91 Å². The Morgan fingerprint density at radius 1 is 1.33 bits per heavy atom. The number of hydrogen-bond donors (Lipinski definition) is 1. The Balaban J connectivity index is 1.63. The Hall–Kier alpha value is -1.76. The average Bonchev–Trinajstić information content (AvgIpc) is 3.12. The van der Waals surface area contributed by atoms with E-state index in [4.69, 9.17) is 0 Å². The van der Waals surface area contributed by atoms with Crippen LogP contribution in [0.2, 0.25) is 0 Å². The highest BCUT2D eigenvalue weighted by Crippen LogP contribution is 2.26. The quantitative estimate of drug-likeness (QED) is 0.792. The second kappa shape index (κ2) is 8.50. The highest BCUT2D eigenvalue weighted by molar-refractivity contribution is 7.09. The zero-order valence-electron chi connectivity index (χ0n) is 16.4. The number of nitrogens with zero attached hydrogens (tertiary/aromatic N) is 3. The van der Waals surface area contributed by atoms with Gasteiger partial charge in [-0.05, 0) is 36.9 Å². The number of carbonyl (C=O) groups excluding carboxylic acids is 1. The average molecular weight is 388 g/mol. The van der Waals surface area contributed by atoms with Gasteiger partial charge in [0.15, 0.2) is 5.60 Å². The number of thiazole rings is 1. The summed E-state index contributed by atoms with van der Waals surface area (Å²) in [6.45, 7) is 6.56. The number of aliphatic hydroxyl groups is 1. The molecular formula is C21H29N3O2S. The summed E-state index contributed by atoms with van der Waals surface area (Å²) in [5, 5.41) is 14.0. The van der Waals surface area contributed by atoms with Gasteiger partial charge in [0.1, 0.15) is 5.01 Å². The van der Waals surface area contributed by atoms with Gasteiger partial charge in [-0.1, -0.05) is 38.1 Å². The number of piperidine rings is 1. The van der Waals surface area contributed by atoms with E-state index in [9.17, 15) is 9.90 Å². The normalized spacial score (nSPS) is 20.7. The summed E-state index contributed by atoms with van der Waals surface area (Å²) in [6.07, 6.45) is 3.11. The fourth-order valence-electron chi connectivity index (χ4n) is 3.66. The first-order valence-electron chi connectivity index (χ1n) is 9.55. The number of likely N-dealkylation sites (tertiary alicyclic amines) is 1. The molecule has 1 amide bonds. The molecule has 0 bridgehead atoms. The van der Waals surface area contributed by atoms with Crippen LogP contribution < -0.4 is 0 Å². The first-order chi connectivity index (χ1) is 12.9. The second-order valence-electron chi connectivity index (χ2n) is 7.86. The molecular weight excluding hydrogens is 358 g/mol. The molecule has 5 nitrogen and oxygen atoms in total. The van der Waals surface area contributed by atoms with E-state index < -0.39 is 5.60 Å². The van der Waals surface area contributed by atoms with Gasteiger partial charge in [-0.15, -0.1) is 11.3 Å². The minimum atomic E-state index is -1.32. The monoisotopic (exact) mass is 387 g/mol. The van der Waals surface area contributed by atoms with Crippen molar-refractivity contribution in [3.63, 3.8) is 0 Å². The Labute approximate surface area is 165 Å². The molecule has 1 atom stereocenters. The molecule has 2 aromatic rings. The Kier molecular flexibility index (Phi) is 6.29. The van der Waals surface area contributed by atoms with E-state index in [1.807, 2.05) is 17.3 Å². The molecule has 27 heavy (non-hydrogen) atoms. The van der Waals surface area contributed by atoms with Crippen LogP contribution in [-0.4, -0.2) is 51.5 Å². The van der Waals surface area contributed by atoms with Crippen LogP contribution in [0.25, 0.3) is 0 Å². The van der Waals surface area contributed by atoms with Crippen molar-refractivity contribution >= 4 is 17.2 Å². The predicted molar refractivity (Wildman–Crippen MR) is 109 cm³/mol. The van der Waals surface area contributed by atoms with E-state index in [1.54, 1.807) is 22.4 Å². The maximum Gasteiger partial charge on any atom is 0.256 e. The molecule has 0 radical (unpaired) electrons. The largest absolute Gasteiger partial charge is 0.379 e. The highest BCUT2D eigenvalue weighted by Gasteiger charge is 2.42. The van der Waals surface area contributed by atoms with Gasteiger partial charge in [0, 0.05) is 31.2 Å². The molecule has 1 aromatic heterocycles. The molecule has 1 aromatic carbocycles. The van der Waals surface area contributed by atoms with Crippen LogP contribution in [0.1, 0.15) is 48.7 Å². The van der Waals surface area contributed by atoms with Crippen molar-refractivity contribution in [2.45, 2.75) is 51.3 Å². The van der Waals surface area contributed by atoms with Crippen molar-refractivity contribution in [3.8, 4) is 0 Å². The number of amides is 1. The Morgan fingerprint density at radius 2 is 2.07 bits per heavy atom. The molecule has 1 saturated heterocycles. The number of carbonyl (C=O) groups is 1. The van der Waals surface area contributed by atoms with Crippen LogP contribution in [-0.2, 0) is 17.9 Å². The van der Waals surface area contributed by atoms with Gasteiger partial charge in [-0.25, -0.2) is 4.98 Å². The van der Waals surface area contributed by atoms with Crippen LogP contribution >= 0.6 is 11.3 Å². The van der Waals surface area contributed by atoms with Gasteiger partial charge in [-0.2, -0.15) is 0 Å². The minimum absolute atomic E-state index is 0.160. The lowest BCUT2D eigenvalue weighted by atomic mass is 9.90. The van der Waals surface area contributed by atoms with Crippen molar-refractivity contribution in [3.05, 3.63) is 52.0 Å². The van der Waals surface area contributed by atoms with E-state index in [0.717, 1.165) is 17.0 Å². The summed E-state index contributed by atoms with van der Waals surface area (Å²) in [6, 6.07) is 8.43. The maximum atomic E-state index is 13.0. The van der Waals surface area contributed by atoms with Crippen molar-refractivity contribution in [2.24, 2.45) is 0 Å². The minimum Gasteiger partial charge on any atom is -0.379 e. The summed E-state index contributed by atoms with van der Waals surface area (Å²) in [4.78, 5) is 21.1. The van der Waals surface area contributed by atoms with Gasteiger partial charge in [0.2, 0.25) is 0 Å². The van der Waals surface area contributed by atoms with E-state index in [2.05, 4.69) is 43.1 Å². The van der Waals surface area contributed by atoms with Gasteiger partial charge < -0.3 is 10.0 Å². The summed E-state index contributed by atoms with van der Waals surface area (Å²) in [7, 11) is 1.93. The van der Waals surface area contributed by atoms with Crippen LogP contribution in [0.5, 0.6) is 0 Å². The lowest BCUT2D eigenvalue weighted by molar-refractivity contribution is -0.160. The fourth-order valence-corrected chi connectivity index (χ4v) is 4.35. The predicted octanol–water partition coefficient (Wildman–Crippen LogP) is 3.25. The van der Waals surface area contributed by atoms with E-state index >= 15 is 0 Å². The summed E-state index contributed by atoms with van der Waals surface area (Å²) in [5.41, 5.74) is 1.08. The molecule has 0 unspecified atom stereocenters. The molecule has 0 spiro atoms. The fraction of sp³-hybridized carbons (Fsp3) is 0.524. The third-order valence-electron chi connectivity index (χ3n) is 5.14. The number of hydrogen-bond acceptors (Lipinski definition) is 5. The molecule has 1 fully saturated rings. The van der Waals surface area contributed by atoms with Crippen LogP contribution in [0, 0.1) is 0 Å². The van der Waals surface area contributed by atoms with Crippen LogP contribution in [0.3, 0.4) is 0 Å². The van der Waals surface area contributed by atoms with Crippen LogP contribution in [0.4, 0.5) is 0 Å². The number of likely N-dealkylation sites (N-methyl/N-ethyl adjacent to an activating group) is 1. The first-order valence-corrected chi connectivity index (χ1v) is 10.4. The second-order valence-corrected chi connectivity index (χ2v) is 8.84. The lowest BCUT2D eigenvalue weighted by Crippen LogP contribution is -2.57. The van der Waals surface area contributed by atoms with Gasteiger partial charge in [0.05, 0.1) is 6.54 Å². The zero-order valence-corrected chi connectivity index (χ0v) is 17.2. The highest BCUT2D eigenvalue weighted by atomic mass is 32.1. The third kappa shape index (κ3) is 4.94. The Morgan fingerprint density at radius 3 is 2.70 bits per heavy atom. The molecule has 2 heterocycles. The number of rotatable bonds is 7. The molecule has 1 N–H and O–H groups in total. The number of benzene rings is 1. The van der Waals surface area contributed by atoms with Crippen molar-refractivity contribution in [2.75, 3.05) is 20.1 Å². The lowest BCUT2D eigenvalue weighted by Gasteiger charge is -2.40. The molecule has 1 aliphatic rings. The van der Waals surface area contributed by atoms with E-state index in [-0.39, 0.29) is 5.91 Å². The first kappa shape index (κ1) is 20.0. The molecule has 1 aliphatic heterocycles. The smallest absolute Gasteiger partial charge is 0.256 e. The van der Waals surface area contributed by atoms with Crippen LogP contribution in [0.15, 0.2) is 35.8 Å². The standard InChI is InChI=1S/C21H29N3O2S/c1-16(2)18-7-5-17(6-8-18)13-24-11-4-9-21(26,20(24)25)15-23(3)14-19-22-10-12-27-19/h5-8,10,12,16,26H,4,9,11,13-15H2,1-3H3/t21-/m0/s1. The topological polar surface area (TPSA) is 56.7 Å². The SMILES string of the molecule is CC(C)c1ccc(CN2CCC[C@](O)(CN(C)Cc3nccs3)C2=O)cc1. The summed E-state index contributed by atoms with van der Waals surface area (Å²) >= 11 is 1.59. The van der Waals surface area contributed by atoms with Gasteiger partial charge in [-0.3, -0.25) is 9.69 Å². The summed E-state index contributed by atoms with van der Waals surface area (Å²) < 4.78 is 0. The maximum absolute atomic E-state index is 13.0. The Bertz CT molecular complexity index is 745. The summed E-state index contributed by atoms with van der Waals surface area (Å²) in [5.74, 6) is 0.335.